The van der Waals surface area contributed by atoms with Gasteiger partial charge in [-0.3, -0.25) is 9.89 Å². The van der Waals surface area contributed by atoms with Gasteiger partial charge in [0.05, 0.1) is 12.0 Å². The molecule has 25 heavy (non-hydrogen) atoms. The van der Waals surface area contributed by atoms with Gasteiger partial charge in [0.25, 0.3) is 0 Å². The van der Waals surface area contributed by atoms with Gasteiger partial charge in [0.2, 0.25) is 17.6 Å². The maximum absolute atomic E-state index is 12.8. The lowest BCUT2D eigenvalue weighted by atomic mass is 9.91. The van der Waals surface area contributed by atoms with Gasteiger partial charge in [-0.2, -0.15) is 10.1 Å². The first-order valence-electron chi connectivity index (χ1n) is 8.58. The quantitative estimate of drug-likeness (QED) is 0.816. The molecule has 9 heteroatoms. The van der Waals surface area contributed by atoms with E-state index in [0.29, 0.717) is 24.1 Å². The fourth-order valence-electron chi connectivity index (χ4n) is 3.09. The Morgan fingerprint density at radius 1 is 1.36 bits per heavy atom. The fraction of sp³-hybridized carbons (Fsp3) is 0.688. The molecule has 0 saturated carbocycles. The van der Waals surface area contributed by atoms with Gasteiger partial charge in [0.15, 0.2) is 5.82 Å². The minimum absolute atomic E-state index is 0.0330. The molecular weight excluding hydrogens is 324 g/mol. The van der Waals surface area contributed by atoms with Crippen LogP contribution < -0.4 is 5.32 Å². The summed E-state index contributed by atoms with van der Waals surface area (Å²) in [4.78, 5) is 21.1. The fourth-order valence-corrected chi connectivity index (χ4v) is 3.09. The molecule has 0 radical (unpaired) electrons. The normalized spacial score (nSPS) is 21.8. The topological polar surface area (TPSA) is 119 Å². The van der Waals surface area contributed by atoms with E-state index in [2.05, 4.69) is 44.5 Å². The Bertz CT molecular complexity index is 697. The molecule has 0 aromatic carbocycles. The Hall–Kier alpha value is -2.29. The molecule has 3 heterocycles. The first-order chi connectivity index (χ1) is 12.0. The van der Waals surface area contributed by atoms with Crippen LogP contribution in [0.2, 0.25) is 0 Å². The van der Waals surface area contributed by atoms with Crippen LogP contribution >= 0.6 is 0 Å². The third kappa shape index (κ3) is 3.71. The highest BCUT2D eigenvalue weighted by atomic mass is 16.5. The summed E-state index contributed by atoms with van der Waals surface area (Å²) in [6.07, 6.45) is 2.05. The lowest BCUT2D eigenvalue weighted by Crippen LogP contribution is -2.40. The van der Waals surface area contributed by atoms with E-state index in [9.17, 15) is 4.79 Å². The van der Waals surface area contributed by atoms with Crippen LogP contribution in [0.25, 0.3) is 11.6 Å². The van der Waals surface area contributed by atoms with E-state index < -0.39 is 0 Å². The summed E-state index contributed by atoms with van der Waals surface area (Å²) in [6.45, 7) is 8.74. The molecule has 3 rings (SSSR count). The van der Waals surface area contributed by atoms with Crippen molar-refractivity contribution in [3.05, 3.63) is 12.2 Å². The summed E-state index contributed by atoms with van der Waals surface area (Å²) >= 11 is 0. The number of amides is 1. The zero-order valence-electron chi connectivity index (χ0n) is 14.9. The average Bonchev–Trinajstić information content (AvgIpc) is 3.32. The summed E-state index contributed by atoms with van der Waals surface area (Å²) in [6, 6.07) is -0.370. The largest absolute Gasteiger partial charge is 0.377 e. The number of ether oxygens (including phenoxy) is 1. The van der Waals surface area contributed by atoms with Gasteiger partial charge in [0, 0.05) is 6.61 Å². The van der Waals surface area contributed by atoms with Crippen molar-refractivity contribution in [2.75, 3.05) is 6.61 Å². The number of rotatable bonds is 6. The van der Waals surface area contributed by atoms with Crippen LogP contribution in [0, 0.1) is 17.8 Å². The number of aromatic nitrogens is 5. The van der Waals surface area contributed by atoms with Crippen LogP contribution in [-0.4, -0.2) is 43.9 Å². The maximum atomic E-state index is 12.8. The van der Waals surface area contributed by atoms with Gasteiger partial charge in [-0.25, -0.2) is 4.98 Å². The van der Waals surface area contributed by atoms with Crippen LogP contribution in [0.15, 0.2) is 10.9 Å². The molecule has 0 bridgehead atoms. The lowest BCUT2D eigenvalue weighted by Gasteiger charge is -2.25. The van der Waals surface area contributed by atoms with E-state index in [-0.39, 0.29) is 35.8 Å². The van der Waals surface area contributed by atoms with Crippen LogP contribution in [0.3, 0.4) is 0 Å². The number of nitrogens with zero attached hydrogens (tertiary/aromatic N) is 4. The number of hydrogen-bond donors (Lipinski definition) is 2. The van der Waals surface area contributed by atoms with Crippen molar-refractivity contribution in [1.82, 2.24) is 30.6 Å². The van der Waals surface area contributed by atoms with Crippen molar-refractivity contribution in [3.63, 3.8) is 0 Å². The number of carbonyl (C=O) groups is 1. The second-order valence-corrected chi connectivity index (χ2v) is 7.00. The molecule has 1 amide bonds. The second kappa shape index (κ2) is 7.30. The van der Waals surface area contributed by atoms with Crippen molar-refractivity contribution in [2.45, 2.75) is 46.3 Å². The molecule has 1 aliphatic heterocycles. The summed E-state index contributed by atoms with van der Waals surface area (Å²) in [5.74, 6) is 1.29. The van der Waals surface area contributed by atoms with E-state index in [1.165, 1.54) is 6.33 Å². The van der Waals surface area contributed by atoms with Crippen molar-refractivity contribution >= 4 is 5.91 Å². The maximum Gasteiger partial charge on any atom is 0.249 e. The molecule has 2 N–H and O–H groups in total. The van der Waals surface area contributed by atoms with Gasteiger partial charge >= 0.3 is 0 Å². The number of aromatic amines is 1. The monoisotopic (exact) mass is 348 g/mol. The number of H-pyrrole nitrogens is 1. The van der Waals surface area contributed by atoms with Crippen molar-refractivity contribution in [3.8, 4) is 11.6 Å². The van der Waals surface area contributed by atoms with Gasteiger partial charge in [0.1, 0.15) is 12.4 Å². The number of hydrogen-bond acceptors (Lipinski definition) is 7. The van der Waals surface area contributed by atoms with E-state index in [1.54, 1.807) is 0 Å². The van der Waals surface area contributed by atoms with Gasteiger partial charge < -0.3 is 14.6 Å². The van der Waals surface area contributed by atoms with Crippen LogP contribution in [-0.2, 0) is 9.53 Å². The van der Waals surface area contributed by atoms with Crippen molar-refractivity contribution in [2.24, 2.45) is 17.8 Å². The number of carbonyl (C=O) groups excluding carboxylic acids is 1. The highest BCUT2D eigenvalue weighted by Gasteiger charge is 2.38. The summed E-state index contributed by atoms with van der Waals surface area (Å²) < 4.78 is 11.1. The zero-order chi connectivity index (χ0) is 18.0. The van der Waals surface area contributed by atoms with Gasteiger partial charge in [-0.15, -0.1) is 0 Å². The molecule has 1 aliphatic rings. The minimum atomic E-state index is -0.370. The SMILES string of the molecule is CC(C)C(NC(=O)C1CCOC1C(C)C)c1nc(-c2ncn[nH]2)no1. The molecule has 3 unspecified atom stereocenters. The lowest BCUT2D eigenvalue weighted by molar-refractivity contribution is -0.128. The van der Waals surface area contributed by atoms with Crippen molar-refractivity contribution < 1.29 is 14.1 Å². The van der Waals surface area contributed by atoms with Gasteiger partial charge in [-0.05, 0) is 18.3 Å². The predicted molar refractivity (Wildman–Crippen MR) is 88.1 cm³/mol. The Morgan fingerprint density at radius 2 is 2.16 bits per heavy atom. The highest BCUT2D eigenvalue weighted by Crippen LogP contribution is 2.29. The summed E-state index contributed by atoms with van der Waals surface area (Å²) in [7, 11) is 0. The summed E-state index contributed by atoms with van der Waals surface area (Å²) in [5, 5.41) is 13.4. The summed E-state index contributed by atoms with van der Waals surface area (Å²) in [5.41, 5.74) is 0. The molecule has 0 spiro atoms. The molecule has 1 saturated heterocycles. The van der Waals surface area contributed by atoms with Crippen LogP contribution in [0.4, 0.5) is 0 Å². The minimum Gasteiger partial charge on any atom is -0.377 e. The van der Waals surface area contributed by atoms with Crippen LogP contribution in [0.5, 0.6) is 0 Å². The van der Waals surface area contributed by atoms with E-state index in [1.807, 2.05) is 13.8 Å². The zero-order valence-corrected chi connectivity index (χ0v) is 14.9. The first-order valence-corrected chi connectivity index (χ1v) is 8.58. The molecule has 2 aromatic rings. The van der Waals surface area contributed by atoms with E-state index >= 15 is 0 Å². The molecular formula is C16H24N6O3. The van der Waals surface area contributed by atoms with Crippen molar-refractivity contribution in [1.29, 1.82) is 0 Å². The van der Waals surface area contributed by atoms with E-state index in [0.717, 1.165) is 6.42 Å². The van der Waals surface area contributed by atoms with Crippen LogP contribution in [0.1, 0.15) is 46.0 Å². The molecule has 0 aliphatic carbocycles. The Morgan fingerprint density at radius 3 is 2.80 bits per heavy atom. The second-order valence-electron chi connectivity index (χ2n) is 7.00. The Labute approximate surface area is 145 Å². The Kier molecular flexibility index (Phi) is 5.12. The smallest absolute Gasteiger partial charge is 0.249 e. The standard InChI is InChI=1S/C16H24N6O3/c1-8(2)11(16-20-14(22-25-16)13-17-7-18-21-13)19-15(23)10-5-6-24-12(10)9(3)4/h7-12H,5-6H2,1-4H3,(H,19,23)(H,17,18,21). The molecule has 3 atom stereocenters. The third-order valence-electron chi connectivity index (χ3n) is 4.43. The Balaban J connectivity index is 1.74. The molecule has 2 aromatic heterocycles. The molecule has 1 fully saturated rings. The molecule has 9 nitrogen and oxygen atoms in total. The average molecular weight is 348 g/mol. The van der Waals surface area contributed by atoms with Gasteiger partial charge in [-0.1, -0.05) is 32.9 Å². The number of nitrogens with one attached hydrogen (secondary N) is 2. The highest BCUT2D eigenvalue weighted by molar-refractivity contribution is 5.80. The van der Waals surface area contributed by atoms with E-state index in [4.69, 9.17) is 9.26 Å². The first kappa shape index (κ1) is 17.5. The predicted octanol–water partition coefficient (Wildman–Crippen LogP) is 1.73. The molecule has 136 valence electrons. The third-order valence-corrected chi connectivity index (χ3v) is 4.43.